The van der Waals surface area contributed by atoms with Crippen molar-refractivity contribution in [1.29, 1.82) is 0 Å². The number of amides is 1. The third-order valence-electron chi connectivity index (χ3n) is 2.98. The minimum Gasteiger partial charge on any atom is -0.360 e. The topological polar surface area (TPSA) is 53.2 Å². The van der Waals surface area contributed by atoms with Crippen molar-refractivity contribution in [2.75, 3.05) is 13.6 Å². The van der Waals surface area contributed by atoms with Crippen LogP contribution in [0.1, 0.15) is 17.3 Å². The molecular formula is C13H12F2N2O2. The van der Waals surface area contributed by atoms with Crippen LogP contribution in [0.15, 0.2) is 18.3 Å². The molecular weight excluding hydrogens is 254 g/mol. The molecule has 19 heavy (non-hydrogen) atoms. The summed E-state index contributed by atoms with van der Waals surface area (Å²) in [5, 5.41) is 0.196. The number of nitrogens with zero attached hydrogens (tertiary/aromatic N) is 1. The van der Waals surface area contributed by atoms with Crippen molar-refractivity contribution in [3.05, 3.63) is 35.5 Å². The molecule has 0 aliphatic rings. The first-order valence-electron chi connectivity index (χ1n) is 5.71. The average molecular weight is 266 g/mol. The second kappa shape index (κ2) is 4.79. The Labute approximate surface area is 108 Å². The van der Waals surface area contributed by atoms with Gasteiger partial charge in [-0.15, -0.1) is 0 Å². The summed E-state index contributed by atoms with van der Waals surface area (Å²) in [5.41, 5.74) is 0.313. The van der Waals surface area contributed by atoms with Gasteiger partial charge in [-0.1, -0.05) is 0 Å². The van der Waals surface area contributed by atoms with Gasteiger partial charge in [-0.25, -0.2) is 8.78 Å². The maximum Gasteiger partial charge on any atom is 0.294 e. The molecule has 0 unspecified atom stereocenters. The van der Waals surface area contributed by atoms with E-state index in [2.05, 4.69) is 4.98 Å². The predicted molar refractivity (Wildman–Crippen MR) is 65.9 cm³/mol. The monoisotopic (exact) mass is 266 g/mol. The van der Waals surface area contributed by atoms with E-state index in [4.69, 9.17) is 0 Å². The Balaban J connectivity index is 2.49. The number of Topliss-reactive ketones (excluding diaryl/α,β-unsaturated/α-hetero) is 1. The number of hydrogen-bond donors (Lipinski definition) is 1. The molecule has 0 bridgehead atoms. The third kappa shape index (κ3) is 2.21. The van der Waals surface area contributed by atoms with E-state index >= 15 is 0 Å². The fourth-order valence-corrected chi connectivity index (χ4v) is 1.74. The standard InChI is InChI=1S/C13H12F2N2O2/c1-3-17(2)13(19)12(18)8-6-16-11-5-10(15)9(14)4-7(8)11/h4-6,16H,3H2,1-2H3. The summed E-state index contributed by atoms with van der Waals surface area (Å²) in [6, 6.07) is 1.86. The summed E-state index contributed by atoms with van der Waals surface area (Å²) >= 11 is 0. The second-order valence-electron chi connectivity index (χ2n) is 4.16. The number of fused-ring (bicyclic) bond motifs is 1. The van der Waals surface area contributed by atoms with Crippen molar-refractivity contribution in [2.24, 2.45) is 0 Å². The van der Waals surface area contributed by atoms with Gasteiger partial charge in [0.05, 0.1) is 5.56 Å². The molecule has 100 valence electrons. The first-order valence-corrected chi connectivity index (χ1v) is 5.71. The highest BCUT2D eigenvalue weighted by molar-refractivity contribution is 6.44. The number of hydrogen-bond acceptors (Lipinski definition) is 2. The van der Waals surface area contributed by atoms with Crippen LogP contribution in [0.5, 0.6) is 0 Å². The minimum absolute atomic E-state index is 0.0409. The van der Waals surface area contributed by atoms with E-state index < -0.39 is 23.3 Å². The molecule has 1 heterocycles. The predicted octanol–water partition coefficient (Wildman–Crippen LogP) is 2.11. The van der Waals surface area contributed by atoms with Crippen LogP contribution in [-0.2, 0) is 4.79 Å². The van der Waals surface area contributed by atoms with Crippen molar-refractivity contribution in [1.82, 2.24) is 9.88 Å². The Bertz CT molecular complexity index is 664. The van der Waals surface area contributed by atoms with Crippen LogP contribution < -0.4 is 0 Å². The number of nitrogens with one attached hydrogen (secondary N) is 1. The number of aromatic amines is 1. The molecule has 0 fully saturated rings. The van der Waals surface area contributed by atoms with Crippen LogP contribution in [0.25, 0.3) is 10.9 Å². The molecule has 6 heteroatoms. The molecule has 0 atom stereocenters. The van der Waals surface area contributed by atoms with Crippen LogP contribution in [0.2, 0.25) is 0 Å². The van der Waals surface area contributed by atoms with Gasteiger partial charge in [-0.05, 0) is 13.0 Å². The summed E-state index contributed by atoms with van der Waals surface area (Å²) in [6.07, 6.45) is 1.28. The van der Waals surface area contributed by atoms with Crippen molar-refractivity contribution in [2.45, 2.75) is 6.92 Å². The molecule has 1 aromatic carbocycles. The lowest BCUT2D eigenvalue weighted by Crippen LogP contribution is -2.32. The number of aromatic nitrogens is 1. The maximum absolute atomic E-state index is 13.2. The van der Waals surface area contributed by atoms with Crippen LogP contribution in [0.4, 0.5) is 8.78 Å². The van der Waals surface area contributed by atoms with Crippen molar-refractivity contribution >= 4 is 22.6 Å². The van der Waals surface area contributed by atoms with E-state index in [0.717, 1.165) is 12.1 Å². The van der Waals surface area contributed by atoms with E-state index in [0.29, 0.717) is 6.54 Å². The van der Waals surface area contributed by atoms with Gasteiger partial charge in [-0.3, -0.25) is 9.59 Å². The van der Waals surface area contributed by atoms with Gasteiger partial charge in [-0.2, -0.15) is 0 Å². The summed E-state index contributed by atoms with van der Waals surface area (Å²) in [6.45, 7) is 2.12. The summed E-state index contributed by atoms with van der Waals surface area (Å²) in [5.74, 6) is -3.50. The van der Waals surface area contributed by atoms with Crippen molar-refractivity contribution in [3.63, 3.8) is 0 Å². The number of rotatable bonds is 3. The number of likely N-dealkylation sites (N-methyl/N-ethyl adjacent to an activating group) is 1. The van der Waals surface area contributed by atoms with E-state index in [1.54, 1.807) is 6.92 Å². The van der Waals surface area contributed by atoms with E-state index in [1.807, 2.05) is 0 Å². The molecule has 0 radical (unpaired) electrons. The summed E-state index contributed by atoms with van der Waals surface area (Å²) in [7, 11) is 1.50. The molecule has 1 aromatic heterocycles. The first kappa shape index (κ1) is 13.2. The number of H-pyrrole nitrogens is 1. The van der Waals surface area contributed by atoms with Gasteiger partial charge in [0.25, 0.3) is 11.7 Å². The molecule has 0 aliphatic heterocycles. The van der Waals surface area contributed by atoms with Gasteiger partial charge in [0.15, 0.2) is 11.6 Å². The van der Waals surface area contributed by atoms with Gasteiger partial charge in [0.1, 0.15) is 0 Å². The third-order valence-corrected chi connectivity index (χ3v) is 2.98. The lowest BCUT2D eigenvalue weighted by atomic mass is 10.1. The van der Waals surface area contributed by atoms with Crippen molar-refractivity contribution in [3.8, 4) is 0 Å². The normalized spacial score (nSPS) is 10.7. The zero-order chi connectivity index (χ0) is 14.2. The Hall–Kier alpha value is -2.24. The zero-order valence-electron chi connectivity index (χ0n) is 10.5. The van der Waals surface area contributed by atoms with Gasteiger partial charge >= 0.3 is 0 Å². The van der Waals surface area contributed by atoms with Crippen LogP contribution >= 0.6 is 0 Å². The molecule has 0 aliphatic carbocycles. The van der Waals surface area contributed by atoms with E-state index in [9.17, 15) is 18.4 Å². The molecule has 0 saturated carbocycles. The molecule has 0 spiro atoms. The molecule has 1 amide bonds. The van der Waals surface area contributed by atoms with Gasteiger partial charge < -0.3 is 9.88 Å². The number of carbonyl (C=O) groups is 2. The van der Waals surface area contributed by atoms with Crippen molar-refractivity contribution < 1.29 is 18.4 Å². The Morgan fingerprint density at radius 3 is 2.53 bits per heavy atom. The lowest BCUT2D eigenvalue weighted by molar-refractivity contribution is -0.125. The molecule has 0 saturated heterocycles. The smallest absolute Gasteiger partial charge is 0.294 e. The fourth-order valence-electron chi connectivity index (χ4n) is 1.74. The van der Waals surface area contributed by atoms with Crippen LogP contribution in [0, 0.1) is 11.6 Å². The summed E-state index contributed by atoms with van der Waals surface area (Å²) in [4.78, 5) is 27.7. The lowest BCUT2D eigenvalue weighted by Gasteiger charge is -2.12. The maximum atomic E-state index is 13.2. The largest absolute Gasteiger partial charge is 0.360 e. The highest BCUT2D eigenvalue weighted by atomic mass is 19.2. The number of ketones is 1. The SMILES string of the molecule is CCN(C)C(=O)C(=O)c1c[nH]c2cc(F)c(F)cc12. The zero-order valence-corrected chi connectivity index (χ0v) is 10.5. The van der Waals surface area contributed by atoms with E-state index in [-0.39, 0.29) is 16.5 Å². The minimum atomic E-state index is -1.06. The molecule has 1 N–H and O–H groups in total. The number of halogens is 2. The van der Waals surface area contributed by atoms with Gasteiger partial charge in [0.2, 0.25) is 0 Å². The molecule has 2 aromatic rings. The average Bonchev–Trinajstić information content (AvgIpc) is 2.79. The highest BCUT2D eigenvalue weighted by Crippen LogP contribution is 2.22. The fraction of sp³-hybridized carbons (Fsp3) is 0.231. The Kier molecular flexibility index (Phi) is 3.33. The molecule has 2 rings (SSSR count). The Morgan fingerprint density at radius 1 is 1.26 bits per heavy atom. The first-order chi connectivity index (χ1) is 8.95. The Morgan fingerprint density at radius 2 is 1.89 bits per heavy atom. The number of benzene rings is 1. The summed E-state index contributed by atoms with van der Waals surface area (Å²) < 4.78 is 26.2. The van der Waals surface area contributed by atoms with Gasteiger partial charge in [0, 0.05) is 36.8 Å². The molecule has 4 nitrogen and oxygen atoms in total. The number of carbonyl (C=O) groups excluding carboxylic acids is 2. The van der Waals surface area contributed by atoms with Crippen LogP contribution in [0.3, 0.4) is 0 Å². The van der Waals surface area contributed by atoms with E-state index in [1.165, 1.54) is 18.1 Å². The second-order valence-corrected chi connectivity index (χ2v) is 4.16. The van der Waals surface area contributed by atoms with Crippen LogP contribution in [-0.4, -0.2) is 35.2 Å². The highest BCUT2D eigenvalue weighted by Gasteiger charge is 2.23. The quantitative estimate of drug-likeness (QED) is 0.683.